The van der Waals surface area contributed by atoms with E-state index in [0.717, 1.165) is 16.7 Å². The average molecular weight is 557 g/mol. The summed E-state index contributed by atoms with van der Waals surface area (Å²) in [5.74, 6) is 0.621. The van der Waals surface area contributed by atoms with Gasteiger partial charge in [0.2, 0.25) is 21.8 Å². The second kappa shape index (κ2) is 10.3. The largest absolute Gasteiger partial charge is 0.477 e. The van der Waals surface area contributed by atoms with Crippen LogP contribution in [0.25, 0.3) is 11.3 Å². The van der Waals surface area contributed by atoms with Crippen molar-refractivity contribution in [3.05, 3.63) is 90.1 Å². The van der Waals surface area contributed by atoms with Crippen molar-refractivity contribution >= 4 is 27.4 Å². The van der Waals surface area contributed by atoms with E-state index in [-0.39, 0.29) is 17.5 Å². The predicted molar refractivity (Wildman–Crippen MR) is 150 cm³/mol. The van der Waals surface area contributed by atoms with E-state index in [2.05, 4.69) is 30.0 Å². The maximum Gasteiger partial charge on any atom is 0.238 e. The van der Waals surface area contributed by atoms with Crippen molar-refractivity contribution in [2.24, 2.45) is 0 Å². The van der Waals surface area contributed by atoms with Crippen molar-refractivity contribution in [2.75, 3.05) is 16.6 Å². The maximum absolute atomic E-state index is 14.0. The summed E-state index contributed by atoms with van der Waals surface area (Å²) < 4.78 is 33.1. The Bertz CT molecular complexity index is 1650. The van der Waals surface area contributed by atoms with Crippen molar-refractivity contribution in [2.45, 2.75) is 43.3 Å². The molecule has 10 nitrogen and oxygen atoms in total. The summed E-state index contributed by atoms with van der Waals surface area (Å²) in [5.41, 5.74) is 3.05. The highest BCUT2D eigenvalue weighted by Crippen LogP contribution is 2.40. The van der Waals surface area contributed by atoms with Crippen LogP contribution < -0.4 is 14.8 Å². The number of sulfonamides is 1. The molecule has 0 bridgehead atoms. The third kappa shape index (κ3) is 5.12. The van der Waals surface area contributed by atoms with E-state index in [1.807, 2.05) is 43.3 Å². The summed E-state index contributed by atoms with van der Waals surface area (Å²) in [6, 6.07) is 16.7. The number of benzene rings is 2. The average Bonchev–Trinajstić information content (AvgIpc) is 3.75. The van der Waals surface area contributed by atoms with Crippen LogP contribution in [0.15, 0.2) is 73.2 Å². The maximum atomic E-state index is 14.0. The molecule has 0 saturated heterocycles. The Balaban J connectivity index is 1.28. The third-order valence-electron chi connectivity index (χ3n) is 7.17. The van der Waals surface area contributed by atoms with Crippen molar-refractivity contribution in [3.8, 4) is 17.1 Å². The van der Waals surface area contributed by atoms with Crippen LogP contribution in [0.5, 0.6) is 5.88 Å². The Morgan fingerprint density at radius 3 is 2.40 bits per heavy atom. The highest BCUT2D eigenvalue weighted by molar-refractivity contribution is 7.93. The number of fused-ring (bicyclic) bond motifs is 1. The molecule has 2 heterocycles. The lowest BCUT2D eigenvalue weighted by atomic mass is 9.82. The van der Waals surface area contributed by atoms with Gasteiger partial charge in [-0.1, -0.05) is 36.4 Å². The topological polar surface area (TPSA) is 136 Å². The van der Waals surface area contributed by atoms with Gasteiger partial charge in [-0.3, -0.25) is 14.5 Å². The van der Waals surface area contributed by atoms with Crippen molar-refractivity contribution in [1.82, 2.24) is 19.9 Å². The molecule has 0 atom stereocenters. The summed E-state index contributed by atoms with van der Waals surface area (Å²) in [5, 5.41) is 2.65. The minimum atomic E-state index is -3.51. The highest BCUT2D eigenvalue weighted by atomic mass is 32.2. The molecule has 2 N–H and O–H groups in total. The van der Waals surface area contributed by atoms with Gasteiger partial charge in [-0.05, 0) is 61.9 Å². The van der Waals surface area contributed by atoms with E-state index < -0.39 is 20.7 Å². The molecule has 0 aliphatic heterocycles. The first-order valence-corrected chi connectivity index (χ1v) is 14.7. The van der Waals surface area contributed by atoms with Crippen LogP contribution in [-0.4, -0.2) is 46.1 Å². The Kier molecular flexibility index (Phi) is 6.67. The van der Waals surface area contributed by atoms with Crippen LogP contribution in [0.3, 0.4) is 0 Å². The Morgan fingerprint density at radius 1 is 1.00 bits per heavy atom. The lowest BCUT2D eigenvalue weighted by molar-refractivity contribution is -0.121. The molecule has 2 aliphatic carbocycles. The molecular formula is C29H28N6O4S. The van der Waals surface area contributed by atoms with Gasteiger partial charge in [-0.15, -0.1) is 0 Å². The summed E-state index contributed by atoms with van der Waals surface area (Å²) in [7, 11) is -3.51. The normalized spacial score (nSPS) is 15.7. The van der Waals surface area contributed by atoms with E-state index >= 15 is 0 Å². The van der Waals surface area contributed by atoms with Crippen molar-refractivity contribution in [3.63, 3.8) is 0 Å². The number of aromatic nitrogens is 4. The van der Waals surface area contributed by atoms with Crippen LogP contribution in [-0.2, 0) is 33.1 Å². The molecule has 0 radical (unpaired) electrons. The van der Waals surface area contributed by atoms with Gasteiger partial charge in [0.1, 0.15) is 17.1 Å². The molecule has 2 aromatic heterocycles. The minimum Gasteiger partial charge on any atom is -0.477 e. The number of nitrogens with zero attached hydrogens (tertiary/aromatic N) is 4. The standard InChI is InChI=1S/C29H28N6O4S/c1-2-39-26-18-30-17-24(33-26)19-7-9-22(10-8-19)32-28(36)29(15-20-5-3-4-6-21(20)16-29)27-31-14-13-25(34-27)35-40(37,38)23-11-12-23/h3-10,13-14,17-18,23H,2,11-12,15-16H2,1H3,(H,32,36)(H,31,34,35). The molecule has 0 unspecified atom stereocenters. The molecule has 11 heteroatoms. The zero-order chi connectivity index (χ0) is 27.7. The Hall–Kier alpha value is -4.38. The number of rotatable bonds is 9. The monoisotopic (exact) mass is 556 g/mol. The number of carbonyl (C=O) groups excluding carboxylic acids is 1. The fourth-order valence-electron chi connectivity index (χ4n) is 4.97. The number of anilines is 2. The van der Waals surface area contributed by atoms with Gasteiger partial charge >= 0.3 is 0 Å². The van der Waals surface area contributed by atoms with E-state index in [9.17, 15) is 13.2 Å². The molecule has 1 amide bonds. The number of ether oxygens (including phenoxy) is 1. The minimum absolute atomic E-state index is 0.166. The van der Waals surface area contributed by atoms with Gasteiger partial charge in [-0.25, -0.2) is 23.4 Å². The first-order valence-electron chi connectivity index (χ1n) is 13.1. The van der Waals surface area contributed by atoms with E-state index in [4.69, 9.17) is 4.74 Å². The van der Waals surface area contributed by atoms with Gasteiger partial charge in [0, 0.05) is 17.4 Å². The molecule has 2 aliphatic rings. The molecule has 0 spiro atoms. The van der Waals surface area contributed by atoms with Crippen LogP contribution in [0.1, 0.15) is 36.7 Å². The van der Waals surface area contributed by atoms with Crippen LogP contribution >= 0.6 is 0 Å². The van der Waals surface area contributed by atoms with E-state index in [0.29, 0.717) is 49.6 Å². The highest BCUT2D eigenvalue weighted by Gasteiger charge is 2.48. The fraction of sp³-hybridized carbons (Fsp3) is 0.276. The second-order valence-electron chi connectivity index (χ2n) is 10.0. The molecule has 1 saturated carbocycles. The summed E-state index contributed by atoms with van der Waals surface area (Å²) in [4.78, 5) is 31.7. The second-order valence-corrected chi connectivity index (χ2v) is 12.0. The number of carbonyl (C=O) groups is 1. The first kappa shape index (κ1) is 25.9. The number of hydrogen-bond acceptors (Lipinski definition) is 8. The fourth-order valence-corrected chi connectivity index (χ4v) is 6.30. The molecular weight excluding hydrogens is 528 g/mol. The number of nitrogens with one attached hydrogen (secondary N) is 2. The first-order chi connectivity index (χ1) is 19.4. The zero-order valence-electron chi connectivity index (χ0n) is 21.9. The van der Waals surface area contributed by atoms with Crippen molar-refractivity contribution in [1.29, 1.82) is 0 Å². The smallest absolute Gasteiger partial charge is 0.238 e. The SMILES string of the molecule is CCOc1cncc(-c2ccc(NC(=O)C3(c4nccc(NS(=O)(=O)C5CC5)n4)Cc4ccccc4C3)cc2)n1. The zero-order valence-corrected chi connectivity index (χ0v) is 22.7. The Labute approximate surface area is 232 Å². The predicted octanol–water partition coefficient (Wildman–Crippen LogP) is 3.91. The molecule has 6 rings (SSSR count). The van der Waals surface area contributed by atoms with Gasteiger partial charge in [-0.2, -0.15) is 0 Å². The van der Waals surface area contributed by atoms with E-state index in [1.165, 1.54) is 12.3 Å². The molecule has 1 fully saturated rings. The summed E-state index contributed by atoms with van der Waals surface area (Å²) in [6.45, 7) is 2.38. The molecule has 4 aromatic rings. The van der Waals surface area contributed by atoms with Crippen LogP contribution in [0, 0.1) is 0 Å². The summed E-state index contributed by atoms with van der Waals surface area (Å²) in [6.07, 6.45) is 6.78. The molecule has 204 valence electrons. The van der Waals surface area contributed by atoms with Crippen LogP contribution in [0.2, 0.25) is 0 Å². The van der Waals surface area contributed by atoms with Gasteiger partial charge in [0.15, 0.2) is 0 Å². The van der Waals surface area contributed by atoms with Crippen molar-refractivity contribution < 1.29 is 17.9 Å². The van der Waals surface area contributed by atoms with Gasteiger partial charge in [0.25, 0.3) is 0 Å². The van der Waals surface area contributed by atoms with Crippen LogP contribution in [0.4, 0.5) is 11.5 Å². The third-order valence-corrected chi connectivity index (χ3v) is 9.02. The lowest BCUT2D eigenvalue weighted by Gasteiger charge is -2.26. The molecule has 2 aromatic carbocycles. The molecule has 40 heavy (non-hydrogen) atoms. The Morgan fingerprint density at radius 2 is 1.73 bits per heavy atom. The number of hydrogen-bond donors (Lipinski definition) is 2. The van der Waals surface area contributed by atoms with E-state index in [1.54, 1.807) is 24.5 Å². The quantitative estimate of drug-likeness (QED) is 0.317. The van der Waals surface area contributed by atoms with Gasteiger partial charge < -0.3 is 10.1 Å². The van der Waals surface area contributed by atoms with Gasteiger partial charge in [0.05, 0.1) is 29.9 Å². The number of amides is 1. The summed E-state index contributed by atoms with van der Waals surface area (Å²) >= 11 is 0. The lowest BCUT2D eigenvalue weighted by Crippen LogP contribution is -2.43.